The number of unbranched alkanes of at least 4 members (excludes halogenated alkanes) is 2. The van der Waals surface area contributed by atoms with Crippen LogP contribution >= 0.6 is 23.2 Å². The molecule has 0 atom stereocenters. The summed E-state index contributed by atoms with van der Waals surface area (Å²) in [6.45, 7) is 3.89. The van der Waals surface area contributed by atoms with Gasteiger partial charge in [-0.15, -0.1) is 0 Å². The van der Waals surface area contributed by atoms with Crippen molar-refractivity contribution in [3.05, 3.63) is 84.9 Å². The zero-order valence-corrected chi connectivity index (χ0v) is 20.3. The largest absolute Gasteiger partial charge is 0.494 e. The molecule has 0 saturated carbocycles. The normalized spacial score (nSPS) is 10.7. The van der Waals surface area contributed by atoms with Crippen LogP contribution in [0.3, 0.4) is 0 Å². The maximum atomic E-state index is 13.4. The summed E-state index contributed by atoms with van der Waals surface area (Å²) in [5.74, 6) is -0.911. The van der Waals surface area contributed by atoms with Crippen LogP contribution in [-0.4, -0.2) is 27.0 Å². The molecule has 0 amide bonds. The molecule has 0 unspecified atom stereocenters. The van der Waals surface area contributed by atoms with Crippen LogP contribution in [0.5, 0.6) is 11.6 Å². The number of ketones is 1. The number of ether oxygens (including phenoxy) is 1. The van der Waals surface area contributed by atoms with E-state index in [1.807, 2.05) is 6.07 Å². The smallest absolute Gasteiger partial charge is 0.271 e. The molecule has 7 nitrogen and oxygen atoms in total. The fourth-order valence-electron chi connectivity index (χ4n) is 3.54. The fraction of sp³-hybridized carbons (Fsp3) is 0.280. The van der Waals surface area contributed by atoms with Crippen LogP contribution in [0.25, 0.3) is 0 Å². The molecule has 0 fully saturated rings. The second-order valence-electron chi connectivity index (χ2n) is 7.72. The summed E-state index contributed by atoms with van der Waals surface area (Å²) in [5.41, 5.74) is -0.345. The fourth-order valence-corrected chi connectivity index (χ4v) is 4.14. The number of nitriles is 1. The minimum Gasteiger partial charge on any atom is -0.494 e. The Hall–Kier alpha value is -3.34. The van der Waals surface area contributed by atoms with E-state index < -0.39 is 17.2 Å². The molecule has 176 valence electrons. The quantitative estimate of drug-likeness (QED) is 0.317. The number of hydrogen-bond acceptors (Lipinski definition) is 6. The van der Waals surface area contributed by atoms with Gasteiger partial charge in [-0.25, -0.2) is 0 Å². The summed E-state index contributed by atoms with van der Waals surface area (Å²) >= 11 is 12.7. The molecule has 9 heteroatoms. The van der Waals surface area contributed by atoms with Crippen LogP contribution in [0.2, 0.25) is 10.0 Å². The lowest BCUT2D eigenvalue weighted by molar-refractivity contribution is 0.103. The number of halogens is 2. The Morgan fingerprint density at radius 1 is 1.26 bits per heavy atom. The van der Waals surface area contributed by atoms with Gasteiger partial charge in [-0.05, 0) is 42.7 Å². The molecule has 3 rings (SSSR count). The average molecular weight is 500 g/mol. The van der Waals surface area contributed by atoms with Crippen molar-refractivity contribution >= 4 is 29.0 Å². The topological polar surface area (TPSA) is 105 Å². The molecule has 0 bridgehead atoms. The van der Waals surface area contributed by atoms with E-state index in [2.05, 4.69) is 11.9 Å². The van der Waals surface area contributed by atoms with Crippen molar-refractivity contribution in [1.29, 1.82) is 5.26 Å². The van der Waals surface area contributed by atoms with E-state index in [4.69, 9.17) is 27.9 Å². The Morgan fingerprint density at radius 2 is 1.97 bits per heavy atom. The first-order valence-corrected chi connectivity index (χ1v) is 11.5. The van der Waals surface area contributed by atoms with E-state index in [0.717, 1.165) is 23.8 Å². The number of pyridine rings is 2. The molecule has 0 spiro atoms. The number of nitrogens with zero attached hydrogens (tertiary/aromatic N) is 3. The van der Waals surface area contributed by atoms with Crippen molar-refractivity contribution in [2.24, 2.45) is 0 Å². The summed E-state index contributed by atoms with van der Waals surface area (Å²) in [4.78, 5) is 30.3. The molecular formula is C25H23Cl2N3O4. The minimum atomic E-state index is -0.704. The monoisotopic (exact) mass is 499 g/mol. The predicted molar refractivity (Wildman–Crippen MR) is 130 cm³/mol. The van der Waals surface area contributed by atoms with Crippen molar-refractivity contribution in [1.82, 2.24) is 9.55 Å². The van der Waals surface area contributed by atoms with Gasteiger partial charge in [0.2, 0.25) is 5.88 Å². The number of carbonyl (C=O) groups excluding carboxylic acids is 1. The van der Waals surface area contributed by atoms with E-state index >= 15 is 0 Å². The molecule has 0 aliphatic heterocycles. The zero-order chi connectivity index (χ0) is 24.8. The molecule has 34 heavy (non-hydrogen) atoms. The third-order valence-corrected chi connectivity index (χ3v) is 5.91. The molecule has 0 radical (unpaired) electrons. The van der Waals surface area contributed by atoms with E-state index in [1.54, 1.807) is 18.3 Å². The Bertz CT molecular complexity index is 1290. The highest BCUT2D eigenvalue weighted by molar-refractivity contribution is 6.38. The Labute approximate surface area is 207 Å². The SMILES string of the molecule is CCCCCOc1c(Cl)cc(C(=O)c2c(C)c(C#N)c(=O)n(Cc3cccnc3)c2O)cc1Cl. The average Bonchev–Trinajstić information content (AvgIpc) is 2.81. The van der Waals surface area contributed by atoms with Gasteiger partial charge in [0.1, 0.15) is 11.6 Å². The summed E-state index contributed by atoms with van der Waals surface area (Å²) in [5, 5.41) is 20.8. The van der Waals surface area contributed by atoms with Gasteiger partial charge >= 0.3 is 0 Å². The van der Waals surface area contributed by atoms with Crippen LogP contribution < -0.4 is 10.3 Å². The van der Waals surface area contributed by atoms with Gasteiger partial charge in [0, 0.05) is 18.0 Å². The van der Waals surface area contributed by atoms with E-state index in [0.29, 0.717) is 12.2 Å². The van der Waals surface area contributed by atoms with Crippen LogP contribution in [0.1, 0.15) is 58.8 Å². The van der Waals surface area contributed by atoms with Crippen LogP contribution in [0.15, 0.2) is 41.5 Å². The lowest BCUT2D eigenvalue weighted by Crippen LogP contribution is -2.27. The lowest BCUT2D eigenvalue weighted by Gasteiger charge is -2.16. The van der Waals surface area contributed by atoms with E-state index in [-0.39, 0.29) is 44.6 Å². The third kappa shape index (κ3) is 5.24. The van der Waals surface area contributed by atoms with Crippen LogP contribution in [0, 0.1) is 18.3 Å². The van der Waals surface area contributed by atoms with Gasteiger partial charge in [-0.2, -0.15) is 5.26 Å². The maximum Gasteiger partial charge on any atom is 0.271 e. The van der Waals surface area contributed by atoms with Crippen LogP contribution in [0.4, 0.5) is 0 Å². The molecule has 3 aromatic rings. The first-order valence-electron chi connectivity index (χ1n) is 10.7. The van der Waals surface area contributed by atoms with Gasteiger partial charge in [0.25, 0.3) is 5.56 Å². The van der Waals surface area contributed by atoms with Crippen molar-refractivity contribution in [2.75, 3.05) is 6.61 Å². The number of aromatic nitrogens is 2. The second-order valence-corrected chi connectivity index (χ2v) is 8.53. The van der Waals surface area contributed by atoms with Gasteiger partial charge in [-0.3, -0.25) is 19.1 Å². The molecule has 1 N–H and O–H groups in total. The first-order chi connectivity index (χ1) is 16.3. The molecule has 0 saturated heterocycles. The van der Waals surface area contributed by atoms with Crippen molar-refractivity contribution in [3.63, 3.8) is 0 Å². The Balaban J connectivity index is 2.06. The number of carbonyl (C=O) groups is 1. The van der Waals surface area contributed by atoms with E-state index in [9.17, 15) is 20.0 Å². The number of rotatable bonds is 9. The zero-order valence-electron chi connectivity index (χ0n) is 18.8. The first kappa shape index (κ1) is 25.3. The van der Waals surface area contributed by atoms with Crippen LogP contribution in [-0.2, 0) is 6.54 Å². The summed E-state index contributed by atoms with van der Waals surface area (Å²) in [7, 11) is 0. The highest BCUT2D eigenvalue weighted by atomic mass is 35.5. The van der Waals surface area contributed by atoms with Crippen molar-refractivity contribution in [2.45, 2.75) is 39.7 Å². The lowest BCUT2D eigenvalue weighted by atomic mass is 9.97. The molecule has 2 heterocycles. The Morgan fingerprint density at radius 3 is 2.56 bits per heavy atom. The predicted octanol–water partition coefficient (Wildman–Crippen LogP) is 5.28. The third-order valence-electron chi connectivity index (χ3n) is 5.35. The number of aromatic hydroxyl groups is 1. The molecular weight excluding hydrogens is 477 g/mol. The van der Waals surface area contributed by atoms with Gasteiger partial charge in [-0.1, -0.05) is 49.0 Å². The van der Waals surface area contributed by atoms with Gasteiger partial charge < -0.3 is 9.84 Å². The second kappa shape index (κ2) is 11.2. The molecule has 2 aromatic heterocycles. The summed E-state index contributed by atoms with van der Waals surface area (Å²) < 4.78 is 6.65. The molecule has 0 aliphatic rings. The summed E-state index contributed by atoms with van der Waals surface area (Å²) in [6, 6.07) is 8.03. The standard InChI is InChI=1S/C25H23Cl2N3O4/c1-3-4-5-9-34-23-19(26)10-17(11-20(23)27)22(31)21-15(2)18(12-28)24(32)30(25(21)33)14-16-7-6-8-29-13-16/h6-8,10-11,13,33H,3-5,9,14H2,1-2H3. The minimum absolute atomic E-state index is 0.0696. The number of hydrogen-bond donors (Lipinski definition) is 1. The summed E-state index contributed by atoms with van der Waals surface area (Å²) in [6.07, 6.45) is 5.97. The van der Waals surface area contributed by atoms with Gasteiger partial charge in [0.15, 0.2) is 11.5 Å². The molecule has 0 aliphatic carbocycles. The maximum absolute atomic E-state index is 13.4. The van der Waals surface area contributed by atoms with Gasteiger partial charge in [0.05, 0.1) is 28.8 Å². The van der Waals surface area contributed by atoms with E-state index in [1.165, 1.54) is 25.3 Å². The number of benzene rings is 1. The Kier molecular flexibility index (Phi) is 8.32. The molecule has 1 aromatic carbocycles. The highest BCUT2D eigenvalue weighted by Gasteiger charge is 2.26. The van der Waals surface area contributed by atoms with Crippen molar-refractivity contribution < 1.29 is 14.6 Å². The van der Waals surface area contributed by atoms with Crippen molar-refractivity contribution in [3.8, 4) is 17.7 Å². The highest BCUT2D eigenvalue weighted by Crippen LogP contribution is 2.36.